The second-order valence-corrected chi connectivity index (χ2v) is 7.47. The Balaban J connectivity index is 1.79. The first kappa shape index (κ1) is 18.3. The van der Waals surface area contributed by atoms with Gasteiger partial charge < -0.3 is 0 Å². The minimum atomic E-state index is -0.685. The quantitative estimate of drug-likeness (QED) is 0.537. The van der Waals surface area contributed by atoms with E-state index in [2.05, 4.69) is 6.92 Å². The smallest absolute Gasteiger partial charge is 0.142 e. The summed E-state index contributed by atoms with van der Waals surface area (Å²) in [6.45, 7) is 2.22. The molecule has 0 amide bonds. The molecule has 0 spiro atoms. The summed E-state index contributed by atoms with van der Waals surface area (Å²) < 4.78 is 42.6. The zero-order valence-corrected chi connectivity index (χ0v) is 15.1. The number of hydrogen-bond acceptors (Lipinski definition) is 0. The Morgan fingerprint density at radius 3 is 2.04 bits per heavy atom. The lowest BCUT2D eigenvalue weighted by atomic mass is 9.78. The van der Waals surface area contributed by atoms with Crippen LogP contribution in [0.15, 0.2) is 30.3 Å². The standard InChI is InChI=1S/C21H22ClF3/c1-2-13-3-5-14(6-4-13)9-15-10-19(24)21(20(25)11-15)16-7-8-17(22)18(23)12-16/h7-8,10-14H,2-6,9H2,1H3. The summed E-state index contributed by atoms with van der Waals surface area (Å²) in [6, 6.07) is 6.58. The van der Waals surface area contributed by atoms with Crippen molar-refractivity contribution in [3.63, 3.8) is 0 Å². The van der Waals surface area contributed by atoms with Crippen LogP contribution in [-0.2, 0) is 6.42 Å². The van der Waals surface area contributed by atoms with E-state index in [1.807, 2.05) is 0 Å². The van der Waals surface area contributed by atoms with Crippen LogP contribution in [-0.4, -0.2) is 0 Å². The van der Waals surface area contributed by atoms with E-state index in [1.54, 1.807) is 0 Å². The van der Waals surface area contributed by atoms with E-state index in [0.717, 1.165) is 24.8 Å². The number of rotatable bonds is 4. The maximum Gasteiger partial charge on any atom is 0.142 e. The van der Waals surface area contributed by atoms with Crippen LogP contribution in [0.2, 0.25) is 5.02 Å². The average Bonchev–Trinajstić information content (AvgIpc) is 2.58. The van der Waals surface area contributed by atoms with Crippen molar-refractivity contribution in [1.29, 1.82) is 0 Å². The second-order valence-electron chi connectivity index (χ2n) is 7.06. The van der Waals surface area contributed by atoms with Crippen molar-refractivity contribution in [2.45, 2.75) is 45.4 Å². The van der Waals surface area contributed by atoms with Crippen LogP contribution in [0.4, 0.5) is 13.2 Å². The molecule has 1 saturated carbocycles. The maximum absolute atomic E-state index is 14.5. The molecule has 134 valence electrons. The Bertz CT molecular complexity index is 726. The Labute approximate surface area is 152 Å². The summed E-state index contributed by atoms with van der Waals surface area (Å²) in [4.78, 5) is 0. The van der Waals surface area contributed by atoms with Gasteiger partial charge in [-0.2, -0.15) is 0 Å². The zero-order chi connectivity index (χ0) is 18.0. The summed E-state index contributed by atoms with van der Waals surface area (Å²) in [6.07, 6.45) is 6.54. The van der Waals surface area contributed by atoms with Gasteiger partial charge in [-0.1, -0.05) is 43.9 Å². The minimum Gasteiger partial charge on any atom is -0.206 e. The minimum absolute atomic E-state index is 0.0659. The molecule has 0 aromatic heterocycles. The van der Waals surface area contributed by atoms with Crippen LogP contribution in [0.3, 0.4) is 0 Å². The molecular formula is C21H22ClF3. The van der Waals surface area contributed by atoms with E-state index in [9.17, 15) is 13.2 Å². The first-order chi connectivity index (χ1) is 12.0. The van der Waals surface area contributed by atoms with Crippen LogP contribution in [0.25, 0.3) is 11.1 Å². The number of hydrogen-bond donors (Lipinski definition) is 0. The highest BCUT2D eigenvalue weighted by Crippen LogP contribution is 2.34. The van der Waals surface area contributed by atoms with Gasteiger partial charge in [-0.3, -0.25) is 0 Å². The highest BCUT2D eigenvalue weighted by atomic mass is 35.5. The van der Waals surface area contributed by atoms with Gasteiger partial charge in [0.15, 0.2) is 0 Å². The normalized spacial score (nSPS) is 20.7. The predicted molar refractivity (Wildman–Crippen MR) is 96.2 cm³/mol. The van der Waals surface area contributed by atoms with Gasteiger partial charge in [0.05, 0.1) is 10.6 Å². The molecule has 3 rings (SSSR count). The van der Waals surface area contributed by atoms with Gasteiger partial charge in [0.2, 0.25) is 0 Å². The first-order valence-corrected chi connectivity index (χ1v) is 9.29. The number of benzene rings is 2. The summed E-state index contributed by atoms with van der Waals surface area (Å²) >= 11 is 5.64. The van der Waals surface area contributed by atoms with Crippen molar-refractivity contribution in [3.05, 3.63) is 58.4 Å². The van der Waals surface area contributed by atoms with E-state index in [1.165, 1.54) is 43.5 Å². The molecule has 0 unspecified atom stereocenters. The van der Waals surface area contributed by atoms with Crippen molar-refractivity contribution >= 4 is 11.6 Å². The highest BCUT2D eigenvalue weighted by Gasteiger charge is 2.22. The predicted octanol–water partition coefficient (Wildman–Crippen LogP) is 7.18. The van der Waals surface area contributed by atoms with Gasteiger partial charge >= 0.3 is 0 Å². The Morgan fingerprint density at radius 1 is 0.880 bits per heavy atom. The summed E-state index contributed by atoms with van der Waals surface area (Å²) in [7, 11) is 0. The Kier molecular flexibility index (Phi) is 5.73. The van der Waals surface area contributed by atoms with Crippen LogP contribution < -0.4 is 0 Å². The van der Waals surface area contributed by atoms with Crippen LogP contribution >= 0.6 is 11.6 Å². The van der Waals surface area contributed by atoms with Gasteiger partial charge in [0.25, 0.3) is 0 Å². The van der Waals surface area contributed by atoms with Crippen LogP contribution in [0.5, 0.6) is 0 Å². The zero-order valence-electron chi connectivity index (χ0n) is 14.3. The maximum atomic E-state index is 14.5. The van der Waals surface area contributed by atoms with E-state index >= 15 is 0 Å². The molecule has 4 heteroatoms. The third-order valence-corrected chi connectivity index (χ3v) is 5.68. The molecule has 2 aromatic rings. The fourth-order valence-electron chi connectivity index (χ4n) is 3.85. The fraction of sp³-hybridized carbons (Fsp3) is 0.429. The van der Waals surface area contributed by atoms with Crippen molar-refractivity contribution < 1.29 is 13.2 Å². The van der Waals surface area contributed by atoms with E-state index in [0.29, 0.717) is 17.9 Å². The molecule has 0 radical (unpaired) electrons. The molecule has 0 heterocycles. The topological polar surface area (TPSA) is 0 Å². The Morgan fingerprint density at radius 2 is 1.48 bits per heavy atom. The van der Waals surface area contributed by atoms with Crippen molar-refractivity contribution in [2.75, 3.05) is 0 Å². The molecule has 1 aliphatic carbocycles. The van der Waals surface area contributed by atoms with Gasteiger partial charge in [-0.25, -0.2) is 13.2 Å². The molecule has 0 bridgehead atoms. The van der Waals surface area contributed by atoms with Gasteiger partial charge in [-0.05, 0) is 66.5 Å². The lowest BCUT2D eigenvalue weighted by Gasteiger charge is -2.27. The molecule has 0 aliphatic heterocycles. The molecule has 0 atom stereocenters. The molecular weight excluding hydrogens is 345 g/mol. The third kappa shape index (κ3) is 4.20. The lowest BCUT2D eigenvalue weighted by molar-refractivity contribution is 0.268. The average molecular weight is 367 g/mol. The van der Waals surface area contributed by atoms with E-state index < -0.39 is 17.5 Å². The highest BCUT2D eigenvalue weighted by molar-refractivity contribution is 6.30. The molecule has 1 aliphatic rings. The van der Waals surface area contributed by atoms with E-state index in [-0.39, 0.29) is 16.1 Å². The molecule has 0 nitrogen and oxygen atoms in total. The Hall–Kier alpha value is -1.48. The summed E-state index contributed by atoms with van der Waals surface area (Å²) in [5.41, 5.74) is 0.633. The molecule has 0 saturated heterocycles. The number of halogens is 4. The first-order valence-electron chi connectivity index (χ1n) is 8.91. The van der Waals surface area contributed by atoms with Crippen molar-refractivity contribution in [1.82, 2.24) is 0 Å². The lowest BCUT2D eigenvalue weighted by Crippen LogP contribution is -2.16. The van der Waals surface area contributed by atoms with Crippen LogP contribution in [0.1, 0.15) is 44.6 Å². The van der Waals surface area contributed by atoms with E-state index in [4.69, 9.17) is 11.6 Å². The monoisotopic (exact) mass is 366 g/mol. The fourth-order valence-corrected chi connectivity index (χ4v) is 3.97. The molecule has 2 aromatic carbocycles. The summed E-state index contributed by atoms with van der Waals surface area (Å²) in [5, 5.41) is -0.0659. The summed E-state index contributed by atoms with van der Waals surface area (Å²) in [5.74, 6) is -0.708. The molecule has 0 N–H and O–H groups in total. The third-order valence-electron chi connectivity index (χ3n) is 5.38. The molecule has 1 fully saturated rings. The van der Waals surface area contributed by atoms with Crippen molar-refractivity contribution in [2.24, 2.45) is 11.8 Å². The largest absolute Gasteiger partial charge is 0.206 e. The van der Waals surface area contributed by atoms with Crippen molar-refractivity contribution in [3.8, 4) is 11.1 Å². The SMILES string of the molecule is CCC1CCC(Cc2cc(F)c(-c3ccc(Cl)c(F)c3)c(F)c2)CC1. The van der Waals surface area contributed by atoms with Crippen LogP contribution in [0, 0.1) is 29.3 Å². The van der Waals surface area contributed by atoms with Gasteiger partial charge in [0, 0.05) is 0 Å². The van der Waals surface area contributed by atoms with Gasteiger partial charge in [0.1, 0.15) is 17.5 Å². The second kappa shape index (κ2) is 7.82. The van der Waals surface area contributed by atoms with Gasteiger partial charge in [-0.15, -0.1) is 0 Å². The molecule has 25 heavy (non-hydrogen) atoms.